The fraction of sp³-hybridized carbons (Fsp3) is 0.222. The monoisotopic (exact) mass is 373 g/mol. The van der Waals surface area contributed by atoms with E-state index in [-0.39, 0.29) is 5.24 Å². The van der Waals surface area contributed by atoms with Crippen molar-refractivity contribution in [3.05, 3.63) is 60.4 Å². The van der Waals surface area contributed by atoms with Crippen LogP contribution in [-0.2, 0) is 11.3 Å². The molecule has 1 atom stereocenters. The number of nitrogens with zero attached hydrogens (tertiary/aromatic N) is 1. The van der Waals surface area contributed by atoms with Gasteiger partial charge in [0.2, 0.25) is 5.91 Å². The van der Waals surface area contributed by atoms with Crippen LogP contribution in [0.1, 0.15) is 17.3 Å². The Morgan fingerprint density at radius 2 is 1.81 bits per heavy atom. The average molecular weight is 373 g/mol. The van der Waals surface area contributed by atoms with E-state index in [4.69, 9.17) is 5.73 Å². The Labute approximate surface area is 156 Å². The Bertz CT molecular complexity index is 783. The molecule has 8 heteroatoms. The minimum Gasteiger partial charge on any atom is -0.368 e. The molecule has 0 radical (unpaired) electrons. The molecule has 2 aromatic rings. The third kappa shape index (κ3) is 5.89. The Morgan fingerprint density at radius 3 is 2.50 bits per heavy atom. The van der Waals surface area contributed by atoms with Crippen molar-refractivity contribution in [3.63, 3.8) is 0 Å². The number of thioether (sulfide) groups is 1. The Balaban J connectivity index is 1.93. The van der Waals surface area contributed by atoms with Gasteiger partial charge in [-0.25, -0.2) is 4.57 Å². The summed E-state index contributed by atoms with van der Waals surface area (Å²) in [6.45, 7) is 2.61. The second kappa shape index (κ2) is 9.57. The number of hydrogen-bond donors (Lipinski definition) is 3. The van der Waals surface area contributed by atoms with Gasteiger partial charge in [0, 0.05) is 17.0 Å². The number of primary amides is 1. The predicted octanol–water partition coefficient (Wildman–Crippen LogP) is 1.08. The van der Waals surface area contributed by atoms with Gasteiger partial charge in [-0.15, -0.1) is 0 Å². The third-order valence-electron chi connectivity index (χ3n) is 3.53. The lowest BCUT2D eigenvalue weighted by molar-refractivity contribution is -0.694. The number of benzene rings is 1. The van der Waals surface area contributed by atoms with Crippen molar-refractivity contribution in [2.75, 3.05) is 6.54 Å². The number of pyridine rings is 1. The summed E-state index contributed by atoms with van der Waals surface area (Å²) < 4.78 is 1.96. The molecule has 136 valence electrons. The topological polar surface area (TPSA) is 105 Å². The van der Waals surface area contributed by atoms with Gasteiger partial charge in [0.1, 0.15) is 6.04 Å². The molecule has 2 rings (SSSR count). The minimum atomic E-state index is -0.794. The molecule has 0 bridgehead atoms. The van der Waals surface area contributed by atoms with Crippen LogP contribution in [0.4, 0.5) is 4.79 Å². The van der Waals surface area contributed by atoms with Gasteiger partial charge in [0.25, 0.3) is 11.1 Å². The highest BCUT2D eigenvalue weighted by Gasteiger charge is 2.18. The van der Waals surface area contributed by atoms with Crippen molar-refractivity contribution >= 4 is 28.8 Å². The fourth-order valence-corrected chi connectivity index (χ4v) is 2.89. The maximum atomic E-state index is 12.3. The summed E-state index contributed by atoms with van der Waals surface area (Å²) in [5, 5.41) is 5.05. The highest BCUT2D eigenvalue weighted by atomic mass is 32.2. The van der Waals surface area contributed by atoms with E-state index in [1.54, 1.807) is 24.3 Å². The van der Waals surface area contributed by atoms with Crippen LogP contribution in [0, 0.1) is 0 Å². The van der Waals surface area contributed by atoms with Crippen molar-refractivity contribution in [3.8, 4) is 0 Å². The Kier molecular flexibility index (Phi) is 7.16. The van der Waals surface area contributed by atoms with E-state index in [1.165, 1.54) is 6.92 Å². The maximum absolute atomic E-state index is 12.3. The molecule has 0 aliphatic heterocycles. The molecular weight excluding hydrogens is 352 g/mol. The summed E-state index contributed by atoms with van der Waals surface area (Å²) >= 11 is 0.933. The van der Waals surface area contributed by atoms with Crippen molar-refractivity contribution in [1.29, 1.82) is 0 Å². The zero-order chi connectivity index (χ0) is 18.9. The van der Waals surface area contributed by atoms with Crippen LogP contribution in [0.15, 0.2) is 59.8 Å². The molecule has 7 nitrogen and oxygen atoms in total. The van der Waals surface area contributed by atoms with E-state index >= 15 is 0 Å². The molecule has 4 N–H and O–H groups in total. The molecule has 3 amide bonds. The molecule has 1 heterocycles. The lowest BCUT2D eigenvalue weighted by atomic mass is 10.2. The van der Waals surface area contributed by atoms with Gasteiger partial charge in [0.15, 0.2) is 18.9 Å². The van der Waals surface area contributed by atoms with Gasteiger partial charge in [-0.2, -0.15) is 0 Å². The normalized spacial score (nSPS) is 11.4. The van der Waals surface area contributed by atoms with Crippen LogP contribution < -0.4 is 20.9 Å². The van der Waals surface area contributed by atoms with Crippen molar-refractivity contribution in [1.82, 2.24) is 10.6 Å². The summed E-state index contributed by atoms with van der Waals surface area (Å²) in [7, 11) is 0. The number of nitrogens with two attached hydrogens (primary N) is 1. The van der Waals surface area contributed by atoms with Crippen LogP contribution in [0.25, 0.3) is 0 Å². The van der Waals surface area contributed by atoms with Gasteiger partial charge in [0.05, 0.1) is 12.1 Å². The average Bonchev–Trinajstić information content (AvgIpc) is 2.62. The molecular formula is C18H21N4O3S+. The molecule has 0 fully saturated rings. The molecule has 0 saturated heterocycles. The highest BCUT2D eigenvalue weighted by molar-refractivity contribution is 8.13. The number of aromatic nitrogens is 1. The first-order valence-corrected chi connectivity index (χ1v) is 8.88. The van der Waals surface area contributed by atoms with Crippen LogP contribution in [0.3, 0.4) is 0 Å². The van der Waals surface area contributed by atoms with E-state index in [2.05, 4.69) is 10.6 Å². The standard InChI is InChI=1S/C18H20N4O3S/c1-13(16(19)23)21-17(24)14-7-3-4-8-15(14)26-18(25)20-9-12-22-10-5-2-6-11-22/h2-8,10-11,13H,9,12H2,1H3,(H3-,19,20,21,23,24,25)/p+1/t13-/m0/s1. The molecule has 0 aliphatic carbocycles. The summed E-state index contributed by atoms with van der Waals surface area (Å²) in [6, 6.07) is 11.7. The van der Waals surface area contributed by atoms with E-state index in [0.29, 0.717) is 23.5 Å². The minimum absolute atomic E-state index is 0.260. The molecule has 1 aromatic carbocycles. The molecule has 26 heavy (non-hydrogen) atoms. The SMILES string of the molecule is C[C@H](NC(=O)c1ccccc1SC(=O)NCC[n+]1ccccc1)C(N)=O. The molecule has 0 saturated carbocycles. The number of rotatable bonds is 7. The zero-order valence-electron chi connectivity index (χ0n) is 14.3. The summed E-state index contributed by atoms with van der Waals surface area (Å²) in [6.07, 6.45) is 3.83. The van der Waals surface area contributed by atoms with E-state index in [0.717, 1.165) is 11.8 Å². The highest BCUT2D eigenvalue weighted by Crippen LogP contribution is 2.23. The number of carbonyl (C=O) groups excluding carboxylic acids is 3. The van der Waals surface area contributed by atoms with Crippen LogP contribution >= 0.6 is 11.8 Å². The molecule has 0 spiro atoms. The second-order valence-corrected chi connectivity index (χ2v) is 6.54. The van der Waals surface area contributed by atoms with Crippen molar-refractivity contribution in [2.45, 2.75) is 24.4 Å². The van der Waals surface area contributed by atoms with Crippen LogP contribution in [0.5, 0.6) is 0 Å². The number of amides is 3. The van der Waals surface area contributed by atoms with Gasteiger partial charge in [-0.05, 0) is 30.8 Å². The molecule has 0 unspecified atom stereocenters. The molecule has 0 aliphatic rings. The second-order valence-electron chi connectivity index (χ2n) is 5.52. The van der Waals surface area contributed by atoms with Gasteiger partial charge < -0.3 is 16.4 Å². The Hall–Kier alpha value is -2.87. The Morgan fingerprint density at radius 1 is 1.12 bits per heavy atom. The number of hydrogen-bond acceptors (Lipinski definition) is 4. The van der Waals surface area contributed by atoms with Crippen molar-refractivity contribution in [2.24, 2.45) is 5.73 Å². The van der Waals surface area contributed by atoms with Crippen LogP contribution in [0.2, 0.25) is 0 Å². The number of carbonyl (C=O) groups is 3. The predicted molar refractivity (Wildman–Crippen MR) is 98.5 cm³/mol. The first-order chi connectivity index (χ1) is 12.5. The van der Waals surface area contributed by atoms with Gasteiger partial charge in [-0.3, -0.25) is 14.4 Å². The fourth-order valence-electron chi connectivity index (χ4n) is 2.10. The van der Waals surface area contributed by atoms with E-state index in [1.807, 2.05) is 35.2 Å². The van der Waals surface area contributed by atoms with E-state index in [9.17, 15) is 14.4 Å². The van der Waals surface area contributed by atoms with Crippen LogP contribution in [-0.4, -0.2) is 29.6 Å². The van der Waals surface area contributed by atoms with E-state index < -0.39 is 17.9 Å². The largest absolute Gasteiger partial charge is 0.368 e. The smallest absolute Gasteiger partial charge is 0.284 e. The first-order valence-electron chi connectivity index (χ1n) is 8.06. The first kappa shape index (κ1) is 19.5. The third-order valence-corrected chi connectivity index (χ3v) is 4.43. The van der Waals surface area contributed by atoms with Gasteiger partial charge in [-0.1, -0.05) is 18.2 Å². The zero-order valence-corrected chi connectivity index (χ0v) is 15.2. The number of nitrogens with one attached hydrogen (secondary N) is 2. The quantitative estimate of drug-likeness (QED) is 0.499. The maximum Gasteiger partial charge on any atom is 0.284 e. The summed E-state index contributed by atoms with van der Waals surface area (Å²) in [4.78, 5) is 36.0. The lowest BCUT2D eigenvalue weighted by Gasteiger charge is -2.12. The lowest BCUT2D eigenvalue weighted by Crippen LogP contribution is -2.42. The summed E-state index contributed by atoms with van der Waals surface area (Å²) in [5.74, 6) is -1.08. The van der Waals surface area contributed by atoms with Gasteiger partial charge >= 0.3 is 0 Å². The molecule has 1 aromatic heterocycles. The summed E-state index contributed by atoms with van der Waals surface area (Å²) in [5.41, 5.74) is 5.48. The van der Waals surface area contributed by atoms with Crippen molar-refractivity contribution < 1.29 is 19.0 Å².